The zero-order valence-corrected chi connectivity index (χ0v) is 15.2. The third-order valence-electron chi connectivity index (χ3n) is 3.65. The summed E-state index contributed by atoms with van der Waals surface area (Å²) in [7, 11) is 4.35. The maximum atomic E-state index is 5.83. The van der Waals surface area contributed by atoms with Gasteiger partial charge in [-0.05, 0) is 44.8 Å². The minimum Gasteiger partial charge on any atom is -0.304 e. The zero-order valence-electron chi connectivity index (χ0n) is 14.4. The van der Waals surface area contributed by atoms with E-state index in [1.807, 2.05) is 38.1 Å². The molecule has 1 aromatic carbocycles. The van der Waals surface area contributed by atoms with Crippen molar-refractivity contribution in [2.24, 2.45) is 0 Å². The standard InChI is InChI=1S/C10H8ClN.C6H14N2.C2H6/c1-7-4-5-12-10-6-8(11)2-3-9(7)10;1-7-3-5-8(2)6-4-7;1-2/h2-6H,1H3;3-6H2,1-2H3;1-2H3. The van der Waals surface area contributed by atoms with Gasteiger partial charge in [0.15, 0.2) is 0 Å². The maximum absolute atomic E-state index is 5.83. The number of rotatable bonds is 0. The average Bonchev–Trinajstić information content (AvgIpc) is 2.53. The number of fused-ring (bicyclic) bond motifs is 1. The minimum atomic E-state index is 0.737. The molecule has 1 fully saturated rings. The first-order valence-electron chi connectivity index (χ1n) is 7.94. The van der Waals surface area contributed by atoms with E-state index in [0.29, 0.717) is 0 Å². The lowest BCUT2D eigenvalue weighted by Gasteiger charge is -2.28. The van der Waals surface area contributed by atoms with Crippen LogP contribution in [0.1, 0.15) is 19.4 Å². The van der Waals surface area contributed by atoms with E-state index in [2.05, 4.69) is 35.8 Å². The Hall–Kier alpha value is -1.16. The Kier molecular flexibility index (Phi) is 8.39. The fourth-order valence-electron chi connectivity index (χ4n) is 2.17. The molecule has 122 valence electrons. The molecule has 1 aromatic heterocycles. The molecule has 0 bridgehead atoms. The second-order valence-electron chi connectivity index (χ2n) is 5.40. The number of pyridine rings is 1. The van der Waals surface area contributed by atoms with Crippen molar-refractivity contribution in [2.75, 3.05) is 40.3 Å². The van der Waals surface area contributed by atoms with Crippen LogP contribution in [0.3, 0.4) is 0 Å². The predicted molar refractivity (Wildman–Crippen MR) is 97.8 cm³/mol. The second kappa shape index (κ2) is 9.78. The molecule has 3 rings (SSSR count). The van der Waals surface area contributed by atoms with Gasteiger partial charge in [0.05, 0.1) is 5.52 Å². The van der Waals surface area contributed by atoms with Gasteiger partial charge in [0.25, 0.3) is 0 Å². The average molecular weight is 322 g/mol. The van der Waals surface area contributed by atoms with E-state index in [4.69, 9.17) is 11.6 Å². The molecule has 22 heavy (non-hydrogen) atoms. The van der Waals surface area contributed by atoms with Gasteiger partial charge in [0.2, 0.25) is 0 Å². The smallest absolute Gasteiger partial charge is 0.0719 e. The van der Waals surface area contributed by atoms with Crippen molar-refractivity contribution in [1.82, 2.24) is 14.8 Å². The lowest BCUT2D eigenvalue weighted by molar-refractivity contribution is 0.181. The van der Waals surface area contributed by atoms with Crippen LogP contribution in [0.4, 0.5) is 0 Å². The molecule has 0 atom stereocenters. The normalized spacial score (nSPS) is 15.5. The Balaban J connectivity index is 0.000000211. The van der Waals surface area contributed by atoms with Gasteiger partial charge in [-0.1, -0.05) is 31.5 Å². The number of aromatic nitrogens is 1. The van der Waals surface area contributed by atoms with Crippen LogP contribution in [0.25, 0.3) is 10.9 Å². The number of hydrogen-bond acceptors (Lipinski definition) is 3. The lowest BCUT2D eigenvalue weighted by atomic mass is 10.1. The van der Waals surface area contributed by atoms with Gasteiger partial charge in [-0.3, -0.25) is 4.98 Å². The zero-order chi connectivity index (χ0) is 16.5. The molecular weight excluding hydrogens is 294 g/mol. The molecule has 3 nitrogen and oxygen atoms in total. The molecule has 0 radical (unpaired) electrons. The highest BCUT2D eigenvalue weighted by Gasteiger charge is 2.07. The van der Waals surface area contributed by atoms with Crippen molar-refractivity contribution in [3.63, 3.8) is 0 Å². The first-order valence-corrected chi connectivity index (χ1v) is 8.32. The summed E-state index contributed by atoms with van der Waals surface area (Å²) >= 11 is 5.83. The van der Waals surface area contributed by atoms with Gasteiger partial charge < -0.3 is 9.80 Å². The SMILES string of the molecule is CC.CN1CCN(C)CC1.Cc1ccnc2cc(Cl)ccc12. The summed E-state index contributed by atoms with van der Waals surface area (Å²) in [6, 6.07) is 7.76. The molecule has 1 saturated heterocycles. The predicted octanol–water partition coefficient (Wildman–Crippen LogP) is 4.09. The molecule has 0 amide bonds. The topological polar surface area (TPSA) is 19.4 Å². The summed E-state index contributed by atoms with van der Waals surface area (Å²) in [5, 5.41) is 1.91. The monoisotopic (exact) mass is 321 g/mol. The lowest BCUT2D eigenvalue weighted by Crippen LogP contribution is -2.42. The van der Waals surface area contributed by atoms with Crippen LogP contribution in [-0.4, -0.2) is 55.1 Å². The Labute approximate surface area is 139 Å². The Morgan fingerprint density at radius 3 is 2.05 bits per heavy atom. The Morgan fingerprint density at radius 2 is 1.50 bits per heavy atom. The van der Waals surface area contributed by atoms with Crippen molar-refractivity contribution in [1.29, 1.82) is 0 Å². The largest absolute Gasteiger partial charge is 0.304 e. The summed E-state index contributed by atoms with van der Waals surface area (Å²) in [6.45, 7) is 11.0. The molecule has 2 heterocycles. The van der Waals surface area contributed by atoms with Gasteiger partial charge in [0.1, 0.15) is 0 Å². The molecule has 4 heteroatoms. The van der Waals surface area contributed by atoms with Gasteiger partial charge in [-0.25, -0.2) is 0 Å². The molecular formula is C18H28ClN3. The molecule has 1 aliphatic heterocycles. The van der Waals surface area contributed by atoms with E-state index in [9.17, 15) is 0 Å². The third kappa shape index (κ3) is 5.91. The van der Waals surface area contributed by atoms with Crippen LogP contribution < -0.4 is 0 Å². The molecule has 1 aliphatic rings. The van der Waals surface area contributed by atoms with Crippen molar-refractivity contribution < 1.29 is 0 Å². The van der Waals surface area contributed by atoms with Crippen molar-refractivity contribution in [3.8, 4) is 0 Å². The van der Waals surface area contributed by atoms with E-state index >= 15 is 0 Å². The maximum Gasteiger partial charge on any atom is 0.0719 e. The highest BCUT2D eigenvalue weighted by atomic mass is 35.5. The van der Waals surface area contributed by atoms with E-state index in [1.165, 1.54) is 37.1 Å². The summed E-state index contributed by atoms with van der Waals surface area (Å²) in [5.41, 5.74) is 2.19. The summed E-state index contributed by atoms with van der Waals surface area (Å²) < 4.78 is 0. The van der Waals surface area contributed by atoms with Gasteiger partial charge in [-0.2, -0.15) is 0 Å². The highest BCUT2D eigenvalue weighted by molar-refractivity contribution is 6.31. The summed E-state index contributed by atoms with van der Waals surface area (Å²) in [5.74, 6) is 0. The van der Waals surface area contributed by atoms with E-state index < -0.39 is 0 Å². The summed E-state index contributed by atoms with van der Waals surface area (Å²) in [4.78, 5) is 8.94. The van der Waals surface area contributed by atoms with Crippen LogP contribution in [0.2, 0.25) is 5.02 Å². The van der Waals surface area contributed by atoms with Crippen LogP contribution in [0.5, 0.6) is 0 Å². The molecule has 0 spiro atoms. The Morgan fingerprint density at radius 1 is 0.955 bits per heavy atom. The van der Waals surface area contributed by atoms with Crippen LogP contribution in [0, 0.1) is 6.92 Å². The van der Waals surface area contributed by atoms with E-state index in [-0.39, 0.29) is 0 Å². The number of piperazine rings is 1. The molecule has 0 aliphatic carbocycles. The fourth-order valence-corrected chi connectivity index (χ4v) is 2.34. The highest BCUT2D eigenvalue weighted by Crippen LogP contribution is 2.19. The minimum absolute atomic E-state index is 0.737. The molecule has 0 saturated carbocycles. The second-order valence-corrected chi connectivity index (χ2v) is 5.83. The molecule has 0 N–H and O–H groups in total. The third-order valence-corrected chi connectivity index (χ3v) is 3.88. The number of nitrogens with zero attached hydrogens (tertiary/aromatic N) is 3. The number of halogens is 1. The Bertz CT molecular complexity index is 553. The van der Waals surface area contributed by atoms with Crippen molar-refractivity contribution >= 4 is 22.5 Å². The van der Waals surface area contributed by atoms with Crippen molar-refractivity contribution in [2.45, 2.75) is 20.8 Å². The first-order chi connectivity index (χ1) is 10.6. The fraction of sp³-hybridized carbons (Fsp3) is 0.500. The first kappa shape index (κ1) is 18.9. The van der Waals surface area contributed by atoms with E-state index in [1.54, 1.807) is 6.20 Å². The number of hydrogen-bond donors (Lipinski definition) is 0. The summed E-state index contributed by atoms with van der Waals surface area (Å²) in [6.07, 6.45) is 1.80. The van der Waals surface area contributed by atoms with Gasteiger partial charge in [0, 0.05) is 42.8 Å². The number of benzene rings is 1. The number of aryl methyl sites for hydroxylation is 1. The van der Waals surface area contributed by atoms with Crippen LogP contribution in [-0.2, 0) is 0 Å². The molecule has 2 aromatic rings. The number of likely N-dealkylation sites (N-methyl/N-ethyl adjacent to an activating group) is 2. The van der Waals surface area contributed by atoms with Crippen LogP contribution >= 0.6 is 11.6 Å². The van der Waals surface area contributed by atoms with Gasteiger partial charge in [-0.15, -0.1) is 0 Å². The van der Waals surface area contributed by atoms with Crippen LogP contribution in [0.15, 0.2) is 30.5 Å². The molecule has 0 unspecified atom stereocenters. The van der Waals surface area contributed by atoms with E-state index in [0.717, 1.165) is 10.5 Å². The quantitative estimate of drug-likeness (QED) is 0.728. The van der Waals surface area contributed by atoms with Crippen molar-refractivity contribution in [3.05, 3.63) is 41.0 Å². The van der Waals surface area contributed by atoms with Gasteiger partial charge >= 0.3 is 0 Å².